The molecule has 0 bridgehead atoms. The van der Waals surface area contributed by atoms with E-state index in [1.54, 1.807) is 11.3 Å². The fraction of sp³-hybridized carbons (Fsp3) is 0.636. The van der Waals surface area contributed by atoms with Gasteiger partial charge in [0.1, 0.15) is 0 Å². The van der Waals surface area contributed by atoms with Crippen LogP contribution in [0.25, 0.3) is 0 Å². The highest BCUT2D eigenvalue weighted by Crippen LogP contribution is 2.26. The van der Waals surface area contributed by atoms with E-state index in [1.807, 2.05) is 6.92 Å². The van der Waals surface area contributed by atoms with E-state index in [-0.39, 0.29) is 5.97 Å². The fourth-order valence-corrected chi connectivity index (χ4v) is 2.45. The van der Waals surface area contributed by atoms with Gasteiger partial charge in [-0.05, 0) is 20.3 Å². The fourth-order valence-electron chi connectivity index (χ4n) is 1.46. The molecule has 0 spiro atoms. The Morgan fingerprint density at radius 2 is 2.19 bits per heavy atom. The van der Waals surface area contributed by atoms with Crippen molar-refractivity contribution in [1.82, 2.24) is 4.98 Å². The lowest BCUT2D eigenvalue weighted by atomic mass is 10.4. The molecule has 1 heterocycles. The lowest BCUT2D eigenvalue weighted by molar-refractivity contribution is 0.0594. The summed E-state index contributed by atoms with van der Waals surface area (Å²) < 4.78 is 4.69. The van der Waals surface area contributed by atoms with Crippen molar-refractivity contribution in [1.29, 1.82) is 0 Å². The van der Waals surface area contributed by atoms with Crippen molar-refractivity contribution in [2.24, 2.45) is 0 Å². The predicted molar refractivity (Wildman–Crippen MR) is 66.4 cm³/mol. The van der Waals surface area contributed by atoms with E-state index < -0.39 is 0 Å². The first-order valence-electron chi connectivity index (χ1n) is 5.44. The van der Waals surface area contributed by atoms with Crippen molar-refractivity contribution in [2.45, 2.75) is 27.2 Å². The summed E-state index contributed by atoms with van der Waals surface area (Å²) in [4.78, 5) is 18.8. The molecule has 0 saturated heterocycles. The van der Waals surface area contributed by atoms with E-state index in [2.05, 4.69) is 23.7 Å². The van der Waals surface area contributed by atoms with Crippen molar-refractivity contribution in [2.75, 3.05) is 25.1 Å². The third-order valence-electron chi connectivity index (χ3n) is 2.31. The number of carbonyl (C=O) groups excluding carboxylic acids is 1. The summed E-state index contributed by atoms with van der Waals surface area (Å²) in [6.45, 7) is 7.98. The summed E-state index contributed by atoms with van der Waals surface area (Å²) in [6.07, 6.45) is 1.07. The van der Waals surface area contributed by atoms with Crippen LogP contribution in [-0.2, 0) is 4.74 Å². The van der Waals surface area contributed by atoms with Crippen molar-refractivity contribution in [3.8, 4) is 0 Å². The summed E-state index contributed by atoms with van der Waals surface area (Å²) in [6, 6.07) is 0. The molecular weight excluding hydrogens is 224 g/mol. The topological polar surface area (TPSA) is 42.4 Å². The number of rotatable bonds is 5. The van der Waals surface area contributed by atoms with Crippen molar-refractivity contribution in [3.05, 3.63) is 10.6 Å². The molecule has 1 aromatic rings. The molecule has 5 heteroatoms. The molecule has 90 valence electrons. The van der Waals surface area contributed by atoms with E-state index in [9.17, 15) is 4.79 Å². The number of thiazole rings is 1. The highest BCUT2D eigenvalue weighted by molar-refractivity contribution is 7.15. The van der Waals surface area contributed by atoms with Crippen LogP contribution in [0.15, 0.2) is 0 Å². The van der Waals surface area contributed by atoms with Crippen LogP contribution in [-0.4, -0.2) is 31.2 Å². The molecule has 1 aromatic heterocycles. The van der Waals surface area contributed by atoms with Gasteiger partial charge in [0, 0.05) is 18.0 Å². The summed E-state index contributed by atoms with van der Waals surface area (Å²) in [5, 5.41) is 0.905. The first-order chi connectivity index (χ1) is 7.63. The van der Waals surface area contributed by atoms with Crippen LogP contribution in [0.4, 0.5) is 5.13 Å². The molecule has 0 amide bonds. The maximum absolute atomic E-state index is 11.4. The van der Waals surface area contributed by atoms with Crippen LogP contribution in [0.1, 0.15) is 35.6 Å². The number of hydrogen-bond donors (Lipinski definition) is 0. The Labute approximate surface area is 100 Å². The maximum atomic E-state index is 11.4. The molecule has 4 nitrogen and oxygen atoms in total. The van der Waals surface area contributed by atoms with E-state index in [1.165, 1.54) is 7.11 Å². The average molecular weight is 242 g/mol. The molecule has 0 aliphatic rings. The lowest BCUT2D eigenvalue weighted by Crippen LogP contribution is -2.23. The van der Waals surface area contributed by atoms with E-state index in [0.29, 0.717) is 5.69 Å². The molecule has 0 unspecified atom stereocenters. The smallest absolute Gasteiger partial charge is 0.357 e. The minimum atomic E-state index is -0.354. The molecular formula is C11H18N2O2S. The number of nitrogens with zero attached hydrogens (tertiary/aromatic N) is 2. The number of ether oxygens (including phenoxy) is 1. The first kappa shape index (κ1) is 13.0. The maximum Gasteiger partial charge on any atom is 0.357 e. The standard InChI is InChI=1S/C11H18N2O2S/c1-5-7-13(6-2)11-12-9(8(3)16-11)10(14)15-4/h5-7H2,1-4H3. The number of anilines is 1. The summed E-state index contributed by atoms with van der Waals surface area (Å²) >= 11 is 1.54. The Bertz CT molecular complexity index is 363. The van der Waals surface area contributed by atoms with Crippen LogP contribution in [0.2, 0.25) is 0 Å². The molecule has 0 N–H and O–H groups in total. The van der Waals surface area contributed by atoms with Gasteiger partial charge in [0.05, 0.1) is 7.11 Å². The molecule has 0 aliphatic heterocycles. The minimum Gasteiger partial charge on any atom is -0.464 e. The summed E-state index contributed by atoms with van der Waals surface area (Å²) in [5.41, 5.74) is 0.442. The van der Waals surface area contributed by atoms with Crippen LogP contribution >= 0.6 is 11.3 Å². The number of esters is 1. The van der Waals surface area contributed by atoms with E-state index in [0.717, 1.165) is 29.5 Å². The van der Waals surface area contributed by atoms with Crippen molar-refractivity contribution < 1.29 is 9.53 Å². The van der Waals surface area contributed by atoms with Gasteiger partial charge in [-0.25, -0.2) is 9.78 Å². The second-order valence-corrected chi connectivity index (χ2v) is 4.65. The van der Waals surface area contributed by atoms with Crippen molar-refractivity contribution in [3.63, 3.8) is 0 Å². The molecule has 0 aliphatic carbocycles. The minimum absolute atomic E-state index is 0.354. The molecule has 0 radical (unpaired) electrons. The molecule has 16 heavy (non-hydrogen) atoms. The predicted octanol–water partition coefficient (Wildman–Crippen LogP) is 2.47. The van der Waals surface area contributed by atoms with Crippen LogP contribution < -0.4 is 4.90 Å². The molecule has 0 fully saturated rings. The Kier molecular flexibility index (Phi) is 4.73. The number of hydrogen-bond acceptors (Lipinski definition) is 5. The van der Waals surface area contributed by atoms with Gasteiger partial charge in [0.25, 0.3) is 0 Å². The second kappa shape index (κ2) is 5.84. The summed E-state index contributed by atoms with van der Waals surface area (Å²) in [5.74, 6) is -0.354. The van der Waals surface area contributed by atoms with Crippen LogP contribution in [0.5, 0.6) is 0 Å². The van der Waals surface area contributed by atoms with Crippen LogP contribution in [0, 0.1) is 6.92 Å². The largest absolute Gasteiger partial charge is 0.464 e. The van der Waals surface area contributed by atoms with Gasteiger partial charge in [-0.2, -0.15) is 0 Å². The number of methoxy groups -OCH3 is 1. The van der Waals surface area contributed by atoms with Gasteiger partial charge < -0.3 is 9.64 Å². The third-order valence-corrected chi connectivity index (χ3v) is 3.34. The normalized spacial score (nSPS) is 10.2. The zero-order chi connectivity index (χ0) is 12.1. The van der Waals surface area contributed by atoms with Gasteiger partial charge in [-0.15, -0.1) is 11.3 Å². The lowest BCUT2D eigenvalue weighted by Gasteiger charge is -2.18. The number of aryl methyl sites for hydroxylation is 1. The van der Waals surface area contributed by atoms with E-state index >= 15 is 0 Å². The third kappa shape index (κ3) is 2.72. The monoisotopic (exact) mass is 242 g/mol. The number of aromatic nitrogens is 1. The van der Waals surface area contributed by atoms with Gasteiger partial charge in [-0.3, -0.25) is 0 Å². The average Bonchev–Trinajstić information content (AvgIpc) is 2.67. The molecule has 0 aromatic carbocycles. The summed E-state index contributed by atoms with van der Waals surface area (Å²) in [7, 11) is 1.38. The highest BCUT2D eigenvalue weighted by atomic mass is 32.1. The Hall–Kier alpha value is -1.10. The molecule has 1 rings (SSSR count). The SMILES string of the molecule is CCCN(CC)c1nc(C(=O)OC)c(C)s1. The van der Waals surface area contributed by atoms with Gasteiger partial charge >= 0.3 is 5.97 Å². The van der Waals surface area contributed by atoms with Crippen molar-refractivity contribution >= 4 is 22.4 Å². The van der Waals surface area contributed by atoms with Gasteiger partial charge in [0.15, 0.2) is 10.8 Å². The van der Waals surface area contributed by atoms with Gasteiger partial charge in [-0.1, -0.05) is 6.92 Å². The van der Waals surface area contributed by atoms with Gasteiger partial charge in [0.2, 0.25) is 0 Å². The molecule has 0 saturated carbocycles. The zero-order valence-corrected chi connectivity index (χ0v) is 11.1. The van der Waals surface area contributed by atoms with E-state index in [4.69, 9.17) is 4.74 Å². The highest BCUT2D eigenvalue weighted by Gasteiger charge is 2.18. The quantitative estimate of drug-likeness (QED) is 0.744. The first-order valence-corrected chi connectivity index (χ1v) is 6.26. The Morgan fingerprint density at radius 3 is 2.69 bits per heavy atom. The Morgan fingerprint density at radius 1 is 1.50 bits per heavy atom. The zero-order valence-electron chi connectivity index (χ0n) is 10.2. The Balaban J connectivity index is 2.94. The molecule has 0 atom stereocenters. The number of carbonyl (C=O) groups is 1. The van der Waals surface area contributed by atoms with Crippen LogP contribution in [0.3, 0.4) is 0 Å². The second-order valence-electron chi connectivity index (χ2n) is 3.47.